The maximum atomic E-state index is 11.3. The first-order valence-corrected chi connectivity index (χ1v) is 8.12. The van der Waals surface area contributed by atoms with E-state index in [-0.39, 0.29) is 6.42 Å². The van der Waals surface area contributed by atoms with Gasteiger partial charge in [-0.3, -0.25) is 14.8 Å². The first-order chi connectivity index (χ1) is 12.6. The van der Waals surface area contributed by atoms with E-state index in [1.54, 1.807) is 16.9 Å². The van der Waals surface area contributed by atoms with Gasteiger partial charge in [0, 0.05) is 18.0 Å². The molecule has 4 rings (SSSR count). The fraction of sp³-hybridized carbons (Fsp3) is 0.105. The molecule has 4 aromatic rings. The number of nitrogens with zero attached hydrogens (tertiary/aromatic N) is 5. The molecule has 0 saturated carbocycles. The number of imidazole rings is 1. The van der Waals surface area contributed by atoms with Crippen molar-refractivity contribution in [2.24, 2.45) is 5.73 Å². The molecule has 1 amide bonds. The number of rotatable bonds is 4. The third-order valence-electron chi connectivity index (χ3n) is 4.03. The topological polar surface area (TPSA) is 99.1 Å². The molecule has 0 aliphatic heterocycles. The number of carbonyl (C=O) groups is 1. The summed E-state index contributed by atoms with van der Waals surface area (Å²) < 4.78 is 1.64. The number of nitrogens with two attached hydrogens (primary N) is 1. The number of pyridine rings is 2. The van der Waals surface area contributed by atoms with Crippen LogP contribution in [0.4, 0.5) is 0 Å². The number of primary amides is 1. The van der Waals surface area contributed by atoms with Gasteiger partial charge in [-0.1, -0.05) is 6.07 Å². The molecule has 4 aromatic heterocycles. The molecule has 0 aromatic carbocycles. The zero-order valence-corrected chi connectivity index (χ0v) is 14.1. The van der Waals surface area contributed by atoms with Gasteiger partial charge in [-0.25, -0.2) is 9.50 Å². The molecular formula is C19H16N6O. The van der Waals surface area contributed by atoms with Gasteiger partial charge in [-0.15, -0.1) is 0 Å². The highest BCUT2D eigenvalue weighted by Gasteiger charge is 2.13. The SMILES string of the molecule is Cc1ccc(-c2ncccc2-c2ccc3ncc(CC(N)=O)n3n2)nc1. The summed E-state index contributed by atoms with van der Waals surface area (Å²) in [5, 5.41) is 4.64. The lowest BCUT2D eigenvalue weighted by molar-refractivity contribution is -0.117. The van der Waals surface area contributed by atoms with Crippen LogP contribution in [-0.2, 0) is 11.2 Å². The molecule has 7 heteroatoms. The summed E-state index contributed by atoms with van der Waals surface area (Å²) in [5.74, 6) is -0.426. The number of aryl methyl sites for hydroxylation is 1. The van der Waals surface area contributed by atoms with Crippen molar-refractivity contribution in [3.8, 4) is 22.6 Å². The summed E-state index contributed by atoms with van der Waals surface area (Å²) in [4.78, 5) is 24.5. The van der Waals surface area contributed by atoms with Crippen molar-refractivity contribution in [1.82, 2.24) is 24.6 Å². The number of hydrogen-bond acceptors (Lipinski definition) is 5. The Morgan fingerprint density at radius 3 is 2.65 bits per heavy atom. The number of fused-ring (bicyclic) bond motifs is 1. The zero-order chi connectivity index (χ0) is 18.1. The van der Waals surface area contributed by atoms with Crippen LogP contribution in [0.15, 0.2) is 55.0 Å². The molecule has 0 aliphatic rings. The van der Waals surface area contributed by atoms with Crippen LogP contribution in [0.1, 0.15) is 11.3 Å². The van der Waals surface area contributed by atoms with Crippen LogP contribution >= 0.6 is 0 Å². The van der Waals surface area contributed by atoms with Gasteiger partial charge in [-0.2, -0.15) is 5.10 Å². The molecule has 0 unspecified atom stereocenters. The second kappa shape index (κ2) is 6.36. The second-order valence-electron chi connectivity index (χ2n) is 6.00. The van der Waals surface area contributed by atoms with Crippen molar-refractivity contribution >= 4 is 11.6 Å². The lowest BCUT2D eigenvalue weighted by Crippen LogP contribution is -2.15. The number of hydrogen-bond donors (Lipinski definition) is 1. The van der Waals surface area contributed by atoms with Gasteiger partial charge in [0.15, 0.2) is 5.65 Å². The van der Waals surface area contributed by atoms with E-state index in [2.05, 4.69) is 20.1 Å². The number of aromatic nitrogens is 5. The fourth-order valence-corrected chi connectivity index (χ4v) is 2.79. The minimum Gasteiger partial charge on any atom is -0.369 e. The minimum absolute atomic E-state index is 0.0804. The highest BCUT2D eigenvalue weighted by molar-refractivity contribution is 5.78. The highest BCUT2D eigenvalue weighted by atomic mass is 16.1. The monoisotopic (exact) mass is 344 g/mol. The van der Waals surface area contributed by atoms with E-state index in [0.717, 1.165) is 22.5 Å². The first kappa shape index (κ1) is 15.9. The maximum absolute atomic E-state index is 11.3. The Morgan fingerprint density at radius 1 is 1.04 bits per heavy atom. The Balaban J connectivity index is 1.85. The molecule has 0 aliphatic carbocycles. The predicted octanol–water partition coefficient (Wildman–Crippen LogP) is 2.19. The number of amides is 1. The average molecular weight is 344 g/mol. The summed E-state index contributed by atoms with van der Waals surface area (Å²) in [6, 6.07) is 11.5. The molecule has 128 valence electrons. The molecule has 0 fully saturated rings. The molecule has 0 atom stereocenters. The fourth-order valence-electron chi connectivity index (χ4n) is 2.79. The van der Waals surface area contributed by atoms with E-state index in [4.69, 9.17) is 5.73 Å². The molecule has 0 spiro atoms. The quantitative estimate of drug-likeness (QED) is 0.612. The minimum atomic E-state index is -0.426. The summed E-state index contributed by atoms with van der Waals surface area (Å²) >= 11 is 0. The molecule has 0 bridgehead atoms. The van der Waals surface area contributed by atoms with Crippen LogP contribution < -0.4 is 5.73 Å². The summed E-state index contributed by atoms with van der Waals surface area (Å²) in [5.41, 5.74) is 10.8. The third kappa shape index (κ3) is 2.90. The average Bonchev–Trinajstić information content (AvgIpc) is 3.04. The van der Waals surface area contributed by atoms with Crippen molar-refractivity contribution in [3.63, 3.8) is 0 Å². The Labute approximate surface area is 149 Å². The smallest absolute Gasteiger partial charge is 0.223 e. The van der Waals surface area contributed by atoms with Crippen LogP contribution in [0.25, 0.3) is 28.3 Å². The number of carbonyl (C=O) groups excluding carboxylic acids is 1. The highest BCUT2D eigenvalue weighted by Crippen LogP contribution is 2.28. The molecular weight excluding hydrogens is 328 g/mol. The van der Waals surface area contributed by atoms with E-state index in [9.17, 15) is 4.79 Å². The van der Waals surface area contributed by atoms with Gasteiger partial charge in [0.25, 0.3) is 0 Å². The molecule has 7 nitrogen and oxygen atoms in total. The van der Waals surface area contributed by atoms with Crippen LogP contribution in [0.2, 0.25) is 0 Å². The Hall–Kier alpha value is -3.61. The van der Waals surface area contributed by atoms with Crippen molar-refractivity contribution in [2.75, 3.05) is 0 Å². The Bertz CT molecular complexity index is 1100. The van der Waals surface area contributed by atoms with Crippen molar-refractivity contribution in [1.29, 1.82) is 0 Å². The van der Waals surface area contributed by atoms with Gasteiger partial charge in [-0.05, 0) is 42.8 Å². The van der Waals surface area contributed by atoms with Crippen LogP contribution in [0, 0.1) is 6.92 Å². The normalized spacial score (nSPS) is 11.0. The van der Waals surface area contributed by atoms with Crippen LogP contribution in [0.3, 0.4) is 0 Å². The second-order valence-corrected chi connectivity index (χ2v) is 6.00. The molecule has 0 radical (unpaired) electrons. The molecule has 0 saturated heterocycles. The third-order valence-corrected chi connectivity index (χ3v) is 4.03. The van der Waals surface area contributed by atoms with E-state index in [1.165, 1.54) is 0 Å². The van der Waals surface area contributed by atoms with Gasteiger partial charge in [0.1, 0.15) is 0 Å². The Kier molecular flexibility index (Phi) is 3.89. The van der Waals surface area contributed by atoms with Crippen LogP contribution in [0.5, 0.6) is 0 Å². The van der Waals surface area contributed by atoms with E-state index in [0.29, 0.717) is 17.0 Å². The summed E-state index contributed by atoms with van der Waals surface area (Å²) in [7, 11) is 0. The predicted molar refractivity (Wildman–Crippen MR) is 97.1 cm³/mol. The first-order valence-electron chi connectivity index (χ1n) is 8.12. The van der Waals surface area contributed by atoms with E-state index >= 15 is 0 Å². The van der Waals surface area contributed by atoms with Crippen LogP contribution in [-0.4, -0.2) is 30.5 Å². The molecule has 4 heterocycles. The van der Waals surface area contributed by atoms with Gasteiger partial charge in [0.2, 0.25) is 5.91 Å². The molecule has 26 heavy (non-hydrogen) atoms. The Morgan fingerprint density at radius 2 is 1.88 bits per heavy atom. The van der Waals surface area contributed by atoms with Crippen molar-refractivity contribution < 1.29 is 4.79 Å². The van der Waals surface area contributed by atoms with Gasteiger partial charge >= 0.3 is 0 Å². The maximum Gasteiger partial charge on any atom is 0.223 e. The van der Waals surface area contributed by atoms with Crippen molar-refractivity contribution in [3.05, 3.63) is 66.2 Å². The largest absolute Gasteiger partial charge is 0.369 e. The lowest BCUT2D eigenvalue weighted by atomic mass is 10.1. The standard InChI is InChI=1S/C19H16N6O/c1-12-4-5-16(22-10-12)19-14(3-2-8-21-19)15-6-7-18-23-11-13(9-17(20)26)25(18)24-15/h2-8,10-11H,9H2,1H3,(H2,20,26). The molecule has 2 N–H and O–H groups in total. The lowest BCUT2D eigenvalue weighted by Gasteiger charge is -2.08. The van der Waals surface area contributed by atoms with Gasteiger partial charge < -0.3 is 5.73 Å². The van der Waals surface area contributed by atoms with E-state index in [1.807, 2.05) is 49.5 Å². The van der Waals surface area contributed by atoms with E-state index < -0.39 is 5.91 Å². The van der Waals surface area contributed by atoms with Gasteiger partial charge in [0.05, 0.1) is 35.4 Å². The zero-order valence-electron chi connectivity index (χ0n) is 14.1. The van der Waals surface area contributed by atoms with Crippen molar-refractivity contribution in [2.45, 2.75) is 13.3 Å². The summed E-state index contributed by atoms with van der Waals surface area (Å²) in [6.45, 7) is 1.99. The summed E-state index contributed by atoms with van der Waals surface area (Å²) in [6.07, 6.45) is 5.24.